The number of halogens is 1. The molecule has 2 heterocycles. The van der Waals surface area contributed by atoms with E-state index in [0.29, 0.717) is 17.3 Å². The summed E-state index contributed by atoms with van der Waals surface area (Å²) in [5, 5.41) is 11.1. The zero-order chi connectivity index (χ0) is 19.0. The molecule has 0 radical (unpaired) electrons. The van der Waals surface area contributed by atoms with Gasteiger partial charge >= 0.3 is 5.97 Å². The highest BCUT2D eigenvalue weighted by molar-refractivity contribution is 6.32. The lowest BCUT2D eigenvalue weighted by Crippen LogP contribution is -2.28. The molecule has 138 valence electrons. The Balaban J connectivity index is 1.32. The van der Waals surface area contributed by atoms with Crippen LogP contribution in [0.25, 0.3) is 5.52 Å². The molecule has 1 saturated carbocycles. The van der Waals surface area contributed by atoms with Crippen molar-refractivity contribution in [1.29, 1.82) is 0 Å². The maximum atomic E-state index is 12.1. The van der Waals surface area contributed by atoms with E-state index >= 15 is 0 Å². The van der Waals surface area contributed by atoms with E-state index in [-0.39, 0.29) is 17.5 Å². The van der Waals surface area contributed by atoms with Crippen LogP contribution in [0.15, 0.2) is 42.9 Å². The molecular formula is C18H15ClN4O4. The Morgan fingerprint density at radius 3 is 2.74 bits per heavy atom. The molecule has 3 aromatic rings. The minimum atomic E-state index is -0.508. The molecule has 2 aromatic heterocycles. The van der Waals surface area contributed by atoms with Gasteiger partial charge < -0.3 is 4.74 Å². The third-order valence-electron chi connectivity index (χ3n) is 4.81. The van der Waals surface area contributed by atoms with Crippen molar-refractivity contribution in [2.45, 2.75) is 18.8 Å². The normalized spacial score (nSPS) is 18.9. The number of aromatic nitrogens is 3. The summed E-state index contributed by atoms with van der Waals surface area (Å²) in [6.45, 7) is 0.317. The van der Waals surface area contributed by atoms with Crippen LogP contribution >= 0.6 is 11.6 Å². The molecule has 0 bridgehead atoms. The number of nitrogens with zero attached hydrogens (tertiary/aromatic N) is 4. The maximum Gasteiger partial charge on any atom is 0.338 e. The first kappa shape index (κ1) is 17.4. The monoisotopic (exact) mass is 386 g/mol. The second kappa shape index (κ2) is 6.96. The lowest BCUT2D eigenvalue weighted by Gasteiger charge is -2.33. The number of ether oxygens (including phenoxy) is 1. The molecular weight excluding hydrogens is 372 g/mol. The molecule has 0 N–H and O–H groups in total. The minimum Gasteiger partial charge on any atom is -0.462 e. The summed E-state index contributed by atoms with van der Waals surface area (Å²) in [4.78, 5) is 30.7. The average Bonchev–Trinajstić information content (AvgIpc) is 3.05. The average molecular weight is 387 g/mol. The van der Waals surface area contributed by atoms with Gasteiger partial charge in [-0.05, 0) is 30.9 Å². The van der Waals surface area contributed by atoms with Crippen molar-refractivity contribution >= 4 is 28.8 Å². The highest BCUT2D eigenvalue weighted by atomic mass is 35.5. The number of nitro benzene ring substituents is 1. The molecule has 1 aliphatic carbocycles. The van der Waals surface area contributed by atoms with Gasteiger partial charge in [0, 0.05) is 30.4 Å². The molecule has 1 aromatic carbocycles. The molecule has 9 heteroatoms. The topological polar surface area (TPSA) is 99.6 Å². The van der Waals surface area contributed by atoms with Crippen molar-refractivity contribution in [1.82, 2.24) is 14.4 Å². The molecule has 0 unspecified atom stereocenters. The number of imidazole rings is 1. The summed E-state index contributed by atoms with van der Waals surface area (Å²) in [6, 6.07) is 5.38. The number of carbonyl (C=O) groups is 1. The summed E-state index contributed by atoms with van der Waals surface area (Å²) >= 11 is 6.07. The van der Waals surface area contributed by atoms with E-state index in [9.17, 15) is 14.9 Å². The quantitative estimate of drug-likeness (QED) is 0.377. The number of non-ortho nitro benzene ring substituents is 1. The number of nitro groups is 1. The van der Waals surface area contributed by atoms with Crippen molar-refractivity contribution < 1.29 is 14.5 Å². The van der Waals surface area contributed by atoms with Gasteiger partial charge in [-0.2, -0.15) is 0 Å². The van der Waals surface area contributed by atoms with Crippen LogP contribution in [0, 0.1) is 16.0 Å². The van der Waals surface area contributed by atoms with Crippen molar-refractivity contribution in [3.63, 3.8) is 0 Å². The van der Waals surface area contributed by atoms with E-state index in [1.54, 1.807) is 12.4 Å². The van der Waals surface area contributed by atoms with Gasteiger partial charge in [-0.25, -0.2) is 14.8 Å². The van der Waals surface area contributed by atoms with E-state index in [1.807, 2.05) is 10.6 Å². The minimum absolute atomic E-state index is 0.0596. The Hall–Kier alpha value is -3.00. The first-order valence-corrected chi connectivity index (χ1v) is 8.79. The van der Waals surface area contributed by atoms with Gasteiger partial charge in [0.15, 0.2) is 5.15 Å². The van der Waals surface area contributed by atoms with Crippen LogP contribution in [0.1, 0.15) is 34.9 Å². The van der Waals surface area contributed by atoms with E-state index in [0.717, 1.165) is 24.2 Å². The number of benzene rings is 1. The second-order valence-electron chi connectivity index (χ2n) is 6.53. The molecule has 0 aliphatic heterocycles. The van der Waals surface area contributed by atoms with Crippen molar-refractivity contribution in [2.24, 2.45) is 5.92 Å². The van der Waals surface area contributed by atoms with Crippen LogP contribution in [-0.2, 0) is 4.74 Å². The molecule has 1 aliphatic rings. The molecule has 1 fully saturated rings. The lowest BCUT2D eigenvalue weighted by atomic mass is 9.75. The number of hydrogen-bond acceptors (Lipinski definition) is 6. The zero-order valence-corrected chi connectivity index (χ0v) is 14.9. The molecule has 0 amide bonds. The SMILES string of the molecule is O=C(OC[C@H]1C[C@@H](c2ncc3c(Cl)nccn32)C1)c1ccc([N+](=O)[O-])cc1. The summed E-state index contributed by atoms with van der Waals surface area (Å²) in [5.74, 6) is 1.01. The van der Waals surface area contributed by atoms with Gasteiger partial charge in [0.25, 0.3) is 5.69 Å². The summed E-state index contributed by atoms with van der Waals surface area (Å²) in [7, 11) is 0. The largest absolute Gasteiger partial charge is 0.462 e. The number of carbonyl (C=O) groups excluding carboxylic acids is 1. The zero-order valence-electron chi connectivity index (χ0n) is 14.1. The van der Waals surface area contributed by atoms with Crippen LogP contribution in [0.3, 0.4) is 0 Å². The third kappa shape index (κ3) is 3.35. The number of hydrogen-bond donors (Lipinski definition) is 0. The molecule has 0 saturated heterocycles. The Morgan fingerprint density at radius 1 is 1.30 bits per heavy atom. The van der Waals surface area contributed by atoms with Crippen LogP contribution in [-0.4, -0.2) is 31.9 Å². The van der Waals surface area contributed by atoms with E-state index in [2.05, 4.69) is 9.97 Å². The number of rotatable bonds is 5. The fraction of sp³-hybridized carbons (Fsp3) is 0.278. The Kier molecular flexibility index (Phi) is 4.49. The third-order valence-corrected chi connectivity index (χ3v) is 5.10. The van der Waals surface area contributed by atoms with E-state index < -0.39 is 10.9 Å². The fourth-order valence-corrected chi connectivity index (χ4v) is 3.49. The van der Waals surface area contributed by atoms with Crippen molar-refractivity contribution in [3.05, 3.63) is 69.5 Å². The summed E-state index contributed by atoms with van der Waals surface area (Å²) < 4.78 is 7.28. The van der Waals surface area contributed by atoms with Gasteiger partial charge in [0.05, 0.1) is 23.3 Å². The summed E-state index contributed by atoms with van der Waals surface area (Å²) in [5.41, 5.74) is 1.02. The molecule has 4 rings (SSSR count). The van der Waals surface area contributed by atoms with Crippen LogP contribution in [0.5, 0.6) is 0 Å². The lowest BCUT2D eigenvalue weighted by molar-refractivity contribution is -0.384. The van der Waals surface area contributed by atoms with Gasteiger partial charge in [-0.1, -0.05) is 11.6 Å². The standard InChI is InChI=1S/C18H15ClN4O4/c19-16-15-9-21-17(22(15)6-5-20-16)13-7-11(8-13)10-27-18(24)12-1-3-14(4-2-12)23(25)26/h1-6,9,11,13H,7-8,10H2/t11-,13+. The highest BCUT2D eigenvalue weighted by Gasteiger charge is 2.34. The molecule has 27 heavy (non-hydrogen) atoms. The molecule has 8 nitrogen and oxygen atoms in total. The van der Waals surface area contributed by atoms with Crippen molar-refractivity contribution in [3.8, 4) is 0 Å². The van der Waals surface area contributed by atoms with Crippen LogP contribution < -0.4 is 0 Å². The first-order chi connectivity index (χ1) is 13.0. The van der Waals surface area contributed by atoms with Gasteiger partial charge in [0.2, 0.25) is 0 Å². The van der Waals surface area contributed by atoms with Crippen molar-refractivity contribution in [2.75, 3.05) is 6.61 Å². The van der Waals surface area contributed by atoms with Gasteiger partial charge in [-0.15, -0.1) is 0 Å². The number of fused-ring (bicyclic) bond motifs is 1. The second-order valence-corrected chi connectivity index (χ2v) is 6.88. The van der Waals surface area contributed by atoms with Gasteiger partial charge in [0.1, 0.15) is 11.3 Å². The predicted octanol–water partition coefficient (Wildman–Crippen LogP) is 3.64. The van der Waals surface area contributed by atoms with Crippen LogP contribution in [0.4, 0.5) is 5.69 Å². The fourth-order valence-electron chi connectivity index (χ4n) is 3.30. The van der Waals surface area contributed by atoms with Gasteiger partial charge in [-0.3, -0.25) is 14.5 Å². The summed E-state index contributed by atoms with van der Waals surface area (Å²) in [6.07, 6.45) is 6.93. The smallest absolute Gasteiger partial charge is 0.338 e. The van der Waals surface area contributed by atoms with E-state index in [1.165, 1.54) is 24.3 Å². The Morgan fingerprint density at radius 2 is 2.04 bits per heavy atom. The Labute approximate surface area is 158 Å². The van der Waals surface area contributed by atoms with E-state index in [4.69, 9.17) is 16.3 Å². The molecule has 0 spiro atoms. The van der Waals surface area contributed by atoms with Crippen LogP contribution in [0.2, 0.25) is 5.15 Å². The number of esters is 1. The Bertz CT molecular complexity index is 1010. The first-order valence-electron chi connectivity index (χ1n) is 8.42. The molecule has 0 atom stereocenters. The predicted molar refractivity (Wildman–Crippen MR) is 96.8 cm³/mol. The highest BCUT2D eigenvalue weighted by Crippen LogP contribution is 2.41. The maximum absolute atomic E-state index is 12.1.